The molecule has 0 amide bonds. The first-order chi connectivity index (χ1) is 9.47. The van der Waals surface area contributed by atoms with E-state index in [2.05, 4.69) is 4.98 Å². The Morgan fingerprint density at radius 1 is 1.15 bits per heavy atom. The van der Waals surface area contributed by atoms with Gasteiger partial charge in [0.2, 0.25) is 0 Å². The van der Waals surface area contributed by atoms with Crippen molar-refractivity contribution in [1.82, 2.24) is 4.98 Å². The number of rotatable bonds is 4. The summed E-state index contributed by atoms with van der Waals surface area (Å²) in [6, 6.07) is 7.29. The van der Waals surface area contributed by atoms with Crippen LogP contribution in [0.15, 0.2) is 36.7 Å². The third-order valence-electron chi connectivity index (χ3n) is 2.92. The highest BCUT2D eigenvalue weighted by atomic mass is 35.5. The number of hydrogen-bond acceptors (Lipinski definition) is 3. The molecular weight excluding hydrogens is 274 g/mol. The number of pyridine rings is 1. The Labute approximate surface area is 124 Å². The first-order valence-corrected chi connectivity index (χ1v) is 6.91. The summed E-state index contributed by atoms with van der Waals surface area (Å²) in [5.41, 5.74) is 2.42. The number of aliphatic hydroxyl groups is 1. The summed E-state index contributed by atoms with van der Waals surface area (Å²) in [5.74, 6) is 0.655. The molecule has 0 spiro atoms. The molecule has 0 aliphatic heterocycles. The minimum absolute atomic E-state index is 0.0713. The molecule has 1 aromatic heterocycles. The van der Waals surface area contributed by atoms with Crippen LogP contribution >= 0.6 is 11.6 Å². The largest absolute Gasteiger partial charge is 0.489 e. The first kappa shape index (κ1) is 14.8. The summed E-state index contributed by atoms with van der Waals surface area (Å²) >= 11 is 6.00. The van der Waals surface area contributed by atoms with Crippen molar-refractivity contribution in [3.05, 3.63) is 58.4 Å². The second-order valence-corrected chi connectivity index (χ2v) is 5.44. The molecule has 106 valence electrons. The fourth-order valence-corrected chi connectivity index (χ4v) is 2.07. The smallest absolute Gasteiger partial charge is 0.138 e. The summed E-state index contributed by atoms with van der Waals surface area (Å²) in [5, 5.41) is 11.1. The molecule has 4 heteroatoms. The molecule has 0 aliphatic carbocycles. The molecule has 0 fully saturated rings. The summed E-state index contributed by atoms with van der Waals surface area (Å²) in [7, 11) is 0. The van der Waals surface area contributed by atoms with Crippen LogP contribution in [0.2, 0.25) is 5.02 Å². The van der Waals surface area contributed by atoms with E-state index in [1.807, 2.05) is 39.0 Å². The van der Waals surface area contributed by atoms with Gasteiger partial charge in [-0.05, 0) is 44.0 Å². The molecule has 20 heavy (non-hydrogen) atoms. The molecule has 0 saturated carbocycles. The summed E-state index contributed by atoms with van der Waals surface area (Å²) in [6.07, 6.45) is 2.61. The Kier molecular flexibility index (Phi) is 4.63. The summed E-state index contributed by atoms with van der Waals surface area (Å²) in [4.78, 5) is 4.11. The topological polar surface area (TPSA) is 42.4 Å². The lowest BCUT2D eigenvalue weighted by atomic mass is 10.0. The highest BCUT2D eigenvalue weighted by Crippen LogP contribution is 2.27. The predicted molar refractivity (Wildman–Crippen MR) is 80.3 cm³/mol. The molecule has 1 N–H and O–H groups in total. The highest BCUT2D eigenvalue weighted by Gasteiger charge is 2.13. The van der Waals surface area contributed by atoms with Crippen molar-refractivity contribution in [3.8, 4) is 5.75 Å². The maximum absolute atomic E-state index is 10.4. The number of aryl methyl sites for hydroxylation is 1. The van der Waals surface area contributed by atoms with Gasteiger partial charge in [0.1, 0.15) is 11.9 Å². The van der Waals surface area contributed by atoms with Crippen LogP contribution in [-0.4, -0.2) is 16.2 Å². The van der Waals surface area contributed by atoms with Crippen LogP contribution in [0, 0.1) is 6.92 Å². The van der Waals surface area contributed by atoms with Crippen LogP contribution in [0.5, 0.6) is 5.75 Å². The number of hydrogen-bond donors (Lipinski definition) is 1. The van der Waals surface area contributed by atoms with E-state index in [0.29, 0.717) is 16.3 Å². The Morgan fingerprint density at radius 3 is 2.55 bits per heavy atom. The van der Waals surface area contributed by atoms with Gasteiger partial charge in [0, 0.05) is 16.8 Å². The average molecular weight is 292 g/mol. The van der Waals surface area contributed by atoms with Crippen molar-refractivity contribution in [1.29, 1.82) is 0 Å². The molecule has 1 atom stereocenters. The average Bonchev–Trinajstić information content (AvgIpc) is 2.40. The van der Waals surface area contributed by atoms with Gasteiger partial charge < -0.3 is 9.84 Å². The first-order valence-electron chi connectivity index (χ1n) is 6.53. The van der Waals surface area contributed by atoms with Gasteiger partial charge in [-0.15, -0.1) is 0 Å². The van der Waals surface area contributed by atoms with Gasteiger partial charge in [0.05, 0.1) is 12.3 Å². The fourth-order valence-electron chi connectivity index (χ4n) is 1.95. The van der Waals surface area contributed by atoms with E-state index < -0.39 is 6.10 Å². The van der Waals surface area contributed by atoms with Crippen LogP contribution in [0.25, 0.3) is 0 Å². The molecule has 1 unspecified atom stereocenters. The minimum atomic E-state index is -0.742. The lowest BCUT2D eigenvalue weighted by Crippen LogP contribution is -2.07. The molecule has 0 saturated heterocycles. The van der Waals surface area contributed by atoms with Gasteiger partial charge in [0.15, 0.2) is 0 Å². The van der Waals surface area contributed by atoms with Gasteiger partial charge in [-0.3, -0.25) is 4.98 Å². The van der Waals surface area contributed by atoms with Gasteiger partial charge in [-0.1, -0.05) is 23.7 Å². The number of nitrogens with zero attached hydrogens (tertiary/aromatic N) is 1. The zero-order valence-corrected chi connectivity index (χ0v) is 12.6. The maximum atomic E-state index is 10.4. The number of benzene rings is 1. The third kappa shape index (κ3) is 3.50. The normalized spacial score (nSPS) is 12.5. The molecular formula is C16H18ClNO2. The zero-order valence-electron chi connectivity index (χ0n) is 11.8. The van der Waals surface area contributed by atoms with Crippen LogP contribution in [0.1, 0.15) is 36.6 Å². The van der Waals surface area contributed by atoms with Gasteiger partial charge in [-0.25, -0.2) is 0 Å². The van der Waals surface area contributed by atoms with E-state index in [0.717, 1.165) is 11.1 Å². The molecule has 1 aromatic carbocycles. The molecule has 3 nitrogen and oxygen atoms in total. The molecule has 1 heterocycles. The Hall–Kier alpha value is -1.58. The Balaban J connectivity index is 2.28. The lowest BCUT2D eigenvalue weighted by Gasteiger charge is -2.15. The van der Waals surface area contributed by atoms with Crippen molar-refractivity contribution < 1.29 is 9.84 Å². The SMILES string of the molecule is Cc1cc(C(O)c2cncc(OC(C)C)c2)ccc1Cl. The Bertz CT molecular complexity index is 599. The minimum Gasteiger partial charge on any atom is -0.489 e. The number of ether oxygens (including phenoxy) is 1. The van der Waals surface area contributed by atoms with E-state index in [1.54, 1.807) is 18.5 Å². The molecule has 0 aliphatic rings. The van der Waals surface area contributed by atoms with Crippen molar-refractivity contribution >= 4 is 11.6 Å². The number of aromatic nitrogens is 1. The quantitative estimate of drug-likeness (QED) is 0.928. The summed E-state index contributed by atoms with van der Waals surface area (Å²) < 4.78 is 5.59. The summed E-state index contributed by atoms with van der Waals surface area (Å²) in [6.45, 7) is 5.81. The molecule has 2 aromatic rings. The maximum Gasteiger partial charge on any atom is 0.138 e. The standard InChI is InChI=1S/C16H18ClNO2/c1-10(2)20-14-7-13(8-18-9-14)16(19)12-4-5-15(17)11(3)6-12/h4-10,16,19H,1-3H3. The van der Waals surface area contributed by atoms with E-state index >= 15 is 0 Å². The predicted octanol–water partition coefficient (Wildman–Crippen LogP) is 3.91. The van der Waals surface area contributed by atoms with Crippen molar-refractivity contribution in [3.63, 3.8) is 0 Å². The van der Waals surface area contributed by atoms with Crippen LogP contribution < -0.4 is 4.74 Å². The Morgan fingerprint density at radius 2 is 1.90 bits per heavy atom. The van der Waals surface area contributed by atoms with Crippen LogP contribution in [0.4, 0.5) is 0 Å². The van der Waals surface area contributed by atoms with E-state index in [-0.39, 0.29) is 6.10 Å². The second-order valence-electron chi connectivity index (χ2n) is 5.03. The zero-order chi connectivity index (χ0) is 14.7. The third-order valence-corrected chi connectivity index (χ3v) is 3.34. The van der Waals surface area contributed by atoms with Crippen molar-refractivity contribution in [2.45, 2.75) is 33.0 Å². The lowest BCUT2D eigenvalue weighted by molar-refractivity contribution is 0.215. The monoisotopic (exact) mass is 291 g/mol. The van der Waals surface area contributed by atoms with Crippen molar-refractivity contribution in [2.75, 3.05) is 0 Å². The van der Waals surface area contributed by atoms with E-state index in [9.17, 15) is 5.11 Å². The van der Waals surface area contributed by atoms with Crippen molar-refractivity contribution in [2.24, 2.45) is 0 Å². The van der Waals surface area contributed by atoms with Gasteiger partial charge in [0.25, 0.3) is 0 Å². The van der Waals surface area contributed by atoms with E-state index in [1.165, 1.54) is 0 Å². The number of aliphatic hydroxyl groups excluding tert-OH is 1. The second kappa shape index (κ2) is 6.25. The van der Waals surface area contributed by atoms with Gasteiger partial charge in [-0.2, -0.15) is 0 Å². The van der Waals surface area contributed by atoms with Crippen LogP contribution in [0.3, 0.4) is 0 Å². The molecule has 2 rings (SSSR count). The van der Waals surface area contributed by atoms with Gasteiger partial charge >= 0.3 is 0 Å². The molecule has 0 bridgehead atoms. The highest BCUT2D eigenvalue weighted by molar-refractivity contribution is 6.31. The number of halogens is 1. The van der Waals surface area contributed by atoms with E-state index in [4.69, 9.17) is 16.3 Å². The molecule has 0 radical (unpaired) electrons. The fraction of sp³-hybridized carbons (Fsp3) is 0.312. The van der Waals surface area contributed by atoms with Crippen LogP contribution in [-0.2, 0) is 0 Å².